The minimum atomic E-state index is 0.819. The quantitative estimate of drug-likeness (QED) is 0.506. The van der Waals surface area contributed by atoms with E-state index in [4.69, 9.17) is 0 Å². The van der Waals surface area contributed by atoms with Crippen molar-refractivity contribution >= 4 is 12.8 Å². The van der Waals surface area contributed by atoms with Crippen molar-refractivity contribution in [3.8, 4) is 12.8 Å². The summed E-state index contributed by atoms with van der Waals surface area (Å²) in [6.45, 7) is 11.1. The third-order valence-electron chi connectivity index (χ3n) is 1.92. The smallest absolute Gasteiger partial charge is 0.209 e. The van der Waals surface area contributed by atoms with Crippen LogP contribution in [-0.2, 0) is 9.59 Å². The topological polar surface area (TPSA) is 40.6 Å². The maximum atomic E-state index is 9.89. The zero-order chi connectivity index (χ0) is 13.4. The van der Waals surface area contributed by atoms with E-state index in [0.29, 0.717) is 0 Å². The Morgan fingerprint density at radius 1 is 0.750 bits per heavy atom. The van der Waals surface area contributed by atoms with Crippen LogP contribution in [-0.4, -0.2) is 48.8 Å². The second-order valence-corrected chi connectivity index (χ2v) is 2.65. The number of amides is 2. The van der Waals surface area contributed by atoms with Crippen molar-refractivity contribution < 1.29 is 9.59 Å². The third kappa shape index (κ3) is 15.0. The van der Waals surface area contributed by atoms with Crippen molar-refractivity contribution in [1.82, 2.24) is 9.80 Å². The molecule has 0 fully saturated rings. The van der Waals surface area contributed by atoms with Crippen molar-refractivity contribution in [1.29, 1.82) is 0 Å². The Hall–Kier alpha value is -1.50. The average molecular weight is 228 g/mol. The van der Waals surface area contributed by atoms with E-state index >= 15 is 0 Å². The van der Waals surface area contributed by atoms with Gasteiger partial charge in [-0.3, -0.25) is 9.59 Å². The lowest BCUT2D eigenvalue weighted by molar-refractivity contribution is -0.118. The predicted octanol–water partition coefficient (Wildman–Crippen LogP) is 1.22. The molecule has 2 amide bonds. The lowest BCUT2D eigenvalue weighted by atomic mass is 10.6. The molecular weight excluding hydrogens is 204 g/mol. The second kappa shape index (κ2) is 19.1. The maximum absolute atomic E-state index is 9.89. The van der Waals surface area contributed by atoms with Crippen LogP contribution in [0.5, 0.6) is 0 Å². The van der Waals surface area contributed by atoms with Crippen LogP contribution in [0.15, 0.2) is 0 Å². The van der Waals surface area contributed by atoms with Crippen LogP contribution in [0.1, 0.15) is 27.7 Å². The van der Waals surface area contributed by atoms with Crippen LogP contribution in [0.2, 0.25) is 0 Å². The molecule has 0 heterocycles. The van der Waals surface area contributed by atoms with Crippen molar-refractivity contribution in [3.05, 3.63) is 0 Å². The molecule has 0 rings (SSSR count). The van der Waals surface area contributed by atoms with Gasteiger partial charge in [-0.2, -0.15) is 0 Å². The molecule has 94 valence electrons. The molecule has 0 aromatic heterocycles. The van der Waals surface area contributed by atoms with Gasteiger partial charge >= 0.3 is 0 Å². The van der Waals surface area contributed by atoms with Gasteiger partial charge in [0.2, 0.25) is 12.8 Å². The highest BCUT2D eigenvalue weighted by Crippen LogP contribution is 1.76. The fourth-order valence-corrected chi connectivity index (χ4v) is 0.745. The zero-order valence-corrected chi connectivity index (χ0v) is 10.8. The number of nitrogens with zero attached hydrogens (tertiary/aromatic N) is 2. The van der Waals surface area contributed by atoms with Crippen LogP contribution in [0.25, 0.3) is 0 Å². The molecule has 0 unspecified atom stereocenters. The molecule has 0 atom stereocenters. The standard InChI is InChI=1S/2C5H11NO.C2H2/c2*1-3-6(4-2)5-7;1-2/h2*5H,3-4H2,1-2H3;1-2H. The Kier molecular flexibility index (Phi) is 23.9. The summed E-state index contributed by atoms with van der Waals surface area (Å²) in [6.07, 6.45) is 9.72. The highest BCUT2D eigenvalue weighted by molar-refractivity contribution is 5.46. The largest absolute Gasteiger partial charge is 0.346 e. The van der Waals surface area contributed by atoms with Gasteiger partial charge in [0, 0.05) is 26.2 Å². The van der Waals surface area contributed by atoms with E-state index in [-0.39, 0.29) is 0 Å². The second-order valence-electron chi connectivity index (χ2n) is 2.65. The van der Waals surface area contributed by atoms with Gasteiger partial charge in [-0.15, -0.1) is 12.8 Å². The predicted molar refractivity (Wildman–Crippen MR) is 67.9 cm³/mol. The molecule has 4 heteroatoms. The molecule has 0 N–H and O–H groups in total. The molecule has 0 aromatic carbocycles. The number of hydrogen-bond donors (Lipinski definition) is 0. The Labute approximate surface area is 99.6 Å². The van der Waals surface area contributed by atoms with E-state index in [1.807, 2.05) is 27.7 Å². The number of carbonyl (C=O) groups excluding carboxylic acids is 2. The van der Waals surface area contributed by atoms with Crippen molar-refractivity contribution in [2.24, 2.45) is 0 Å². The molecule has 0 aliphatic carbocycles. The minimum absolute atomic E-state index is 0.819. The van der Waals surface area contributed by atoms with Gasteiger partial charge in [-0.25, -0.2) is 0 Å². The molecule has 0 aromatic rings. The first-order valence-corrected chi connectivity index (χ1v) is 5.41. The number of rotatable bonds is 6. The van der Waals surface area contributed by atoms with Crippen LogP contribution in [0.3, 0.4) is 0 Å². The third-order valence-corrected chi connectivity index (χ3v) is 1.92. The monoisotopic (exact) mass is 228 g/mol. The first-order chi connectivity index (χ1) is 7.69. The van der Waals surface area contributed by atoms with E-state index in [1.54, 1.807) is 9.80 Å². The van der Waals surface area contributed by atoms with Crippen molar-refractivity contribution in [3.63, 3.8) is 0 Å². The molecule has 0 saturated carbocycles. The van der Waals surface area contributed by atoms with E-state index in [0.717, 1.165) is 39.0 Å². The summed E-state index contributed by atoms with van der Waals surface area (Å²) in [5.41, 5.74) is 0. The summed E-state index contributed by atoms with van der Waals surface area (Å²) in [5.74, 6) is 0. The van der Waals surface area contributed by atoms with Crippen molar-refractivity contribution in [2.45, 2.75) is 27.7 Å². The average Bonchev–Trinajstić information content (AvgIpc) is 2.37. The van der Waals surface area contributed by atoms with Gasteiger partial charge in [0.25, 0.3) is 0 Å². The minimum Gasteiger partial charge on any atom is -0.346 e. The van der Waals surface area contributed by atoms with E-state index in [2.05, 4.69) is 12.8 Å². The molecule has 0 saturated heterocycles. The molecule has 0 aliphatic heterocycles. The Bertz CT molecular complexity index is 146. The van der Waals surface area contributed by atoms with Crippen LogP contribution in [0.4, 0.5) is 0 Å². The van der Waals surface area contributed by atoms with Gasteiger partial charge in [-0.1, -0.05) is 0 Å². The van der Waals surface area contributed by atoms with Crippen molar-refractivity contribution in [2.75, 3.05) is 26.2 Å². The molecule has 0 radical (unpaired) electrons. The molecule has 16 heavy (non-hydrogen) atoms. The number of hydrogen-bond acceptors (Lipinski definition) is 2. The summed E-state index contributed by atoms with van der Waals surface area (Å²) in [5, 5.41) is 0. The summed E-state index contributed by atoms with van der Waals surface area (Å²) >= 11 is 0. The van der Waals surface area contributed by atoms with Crippen LogP contribution >= 0.6 is 0 Å². The Morgan fingerprint density at radius 2 is 0.938 bits per heavy atom. The first-order valence-electron chi connectivity index (χ1n) is 5.41. The Morgan fingerprint density at radius 3 is 0.938 bits per heavy atom. The maximum Gasteiger partial charge on any atom is 0.209 e. The fourth-order valence-electron chi connectivity index (χ4n) is 0.745. The van der Waals surface area contributed by atoms with Crippen LogP contribution < -0.4 is 0 Å². The normalized spacial score (nSPS) is 7.38. The fraction of sp³-hybridized carbons (Fsp3) is 0.667. The molecule has 0 bridgehead atoms. The highest BCUT2D eigenvalue weighted by atomic mass is 16.1. The Balaban J connectivity index is -0.000000183. The highest BCUT2D eigenvalue weighted by Gasteiger charge is 1.87. The van der Waals surface area contributed by atoms with Crippen LogP contribution in [0, 0.1) is 12.8 Å². The van der Waals surface area contributed by atoms with Gasteiger partial charge in [0.1, 0.15) is 0 Å². The lowest BCUT2D eigenvalue weighted by Crippen LogP contribution is -2.19. The van der Waals surface area contributed by atoms with Gasteiger partial charge in [0.05, 0.1) is 0 Å². The number of terminal acetylenes is 1. The van der Waals surface area contributed by atoms with Gasteiger partial charge < -0.3 is 9.80 Å². The summed E-state index contributed by atoms with van der Waals surface area (Å²) < 4.78 is 0. The van der Waals surface area contributed by atoms with E-state index < -0.39 is 0 Å². The summed E-state index contributed by atoms with van der Waals surface area (Å²) in [4.78, 5) is 23.2. The molecule has 0 aliphatic rings. The SMILES string of the molecule is C#C.CCN(C=O)CC.CCN(C=O)CC. The van der Waals surface area contributed by atoms with E-state index in [9.17, 15) is 9.59 Å². The zero-order valence-electron chi connectivity index (χ0n) is 10.8. The molecular formula is C12H24N2O2. The molecule has 4 nitrogen and oxygen atoms in total. The summed E-state index contributed by atoms with van der Waals surface area (Å²) in [7, 11) is 0. The van der Waals surface area contributed by atoms with Gasteiger partial charge in [0.15, 0.2) is 0 Å². The lowest BCUT2D eigenvalue weighted by Gasteiger charge is -2.08. The number of carbonyl (C=O) groups is 2. The summed E-state index contributed by atoms with van der Waals surface area (Å²) in [6, 6.07) is 0. The molecule has 0 spiro atoms. The van der Waals surface area contributed by atoms with Gasteiger partial charge in [-0.05, 0) is 27.7 Å². The van der Waals surface area contributed by atoms with E-state index in [1.165, 1.54) is 0 Å². The first kappa shape index (κ1) is 20.0.